The fraction of sp³-hybridized carbons (Fsp3) is 0.614. The number of aromatic hydroxyl groups is 1. The van der Waals surface area contributed by atoms with Gasteiger partial charge in [-0.1, -0.05) is 140 Å². The minimum absolute atomic E-state index is 0.0119. The summed E-state index contributed by atoms with van der Waals surface area (Å²) >= 11 is 0. The van der Waals surface area contributed by atoms with Crippen LogP contribution in [0, 0.1) is 11.8 Å². The zero-order valence-corrected chi connectivity index (χ0v) is 83.4. The molecule has 138 heavy (non-hydrogen) atoms. The largest absolute Gasteiger partial charge is 0.508 e. The van der Waals surface area contributed by atoms with Crippen molar-refractivity contribution in [2.24, 2.45) is 23.3 Å². The molecule has 0 bridgehead atoms. The second kappa shape index (κ2) is 59.9. The van der Waals surface area contributed by atoms with Gasteiger partial charge < -0.3 is 69.2 Å². The molecule has 5 amide bonds. The first-order valence-electron chi connectivity index (χ1n) is 48.7. The number of nitrogens with two attached hydrogens (primary N) is 2. The summed E-state index contributed by atoms with van der Waals surface area (Å²) in [6.45, 7) is 22.8. The number of nitrogens with one attached hydrogen (secondary N) is 16. The van der Waals surface area contributed by atoms with Crippen molar-refractivity contribution < 1.29 is 91.7 Å². The van der Waals surface area contributed by atoms with Crippen molar-refractivity contribution in [1.82, 2.24) is 85.2 Å². The Morgan fingerprint density at radius 2 is 1.21 bits per heavy atom. The summed E-state index contributed by atoms with van der Waals surface area (Å²) in [7, 11) is 0. The van der Waals surface area contributed by atoms with Crippen molar-refractivity contribution in [3.63, 3.8) is 0 Å². The van der Waals surface area contributed by atoms with Crippen LogP contribution in [0.1, 0.15) is 243 Å². The third kappa shape index (κ3) is 40.8. The number of aromatic amines is 1. The Bertz CT molecular complexity index is 4740. The molecule has 1 aliphatic rings. The number of carbonyl (C=O) groups is 17. The van der Waals surface area contributed by atoms with E-state index in [2.05, 4.69) is 85.2 Å². The Kier molecular flexibility index (Phi) is 51.3. The molecule has 0 fully saturated rings. The number of carbonyl (C=O) groups excluding carboxylic acids is 17. The number of ketones is 12. The van der Waals surface area contributed by atoms with Gasteiger partial charge in [0.05, 0.1) is 117 Å². The molecular weight excluding hydrogens is 1770 g/mol. The first kappa shape index (κ1) is 118. The van der Waals surface area contributed by atoms with E-state index in [-0.39, 0.29) is 125 Å². The number of H-pyrrole nitrogens is 1. The molecule has 1 aliphatic heterocycles. The third-order valence-corrected chi connectivity index (χ3v) is 25.3. The number of aromatic nitrogens is 1. The quantitative estimate of drug-likeness (QED) is 0.00991. The smallest absolute Gasteiger partial charge is 0.243 e. The van der Waals surface area contributed by atoms with Crippen molar-refractivity contribution >= 4 is 110 Å². The summed E-state index contributed by atoms with van der Waals surface area (Å²) in [6.07, 6.45) is 7.96. The number of hydrogen-bond acceptors (Lipinski definition) is 31. The minimum atomic E-state index is -1.87. The highest BCUT2D eigenvalue weighted by molar-refractivity contribution is 6.41. The summed E-state index contributed by atoms with van der Waals surface area (Å²) < 4.78 is 0. The second-order valence-corrected chi connectivity index (χ2v) is 38.3. The van der Waals surface area contributed by atoms with Crippen molar-refractivity contribution in [3.8, 4) is 5.75 Å². The van der Waals surface area contributed by atoms with E-state index in [0.29, 0.717) is 79.0 Å². The Balaban J connectivity index is 1.50. The van der Waals surface area contributed by atoms with Crippen LogP contribution >= 0.6 is 0 Å². The van der Waals surface area contributed by atoms with Gasteiger partial charge in [-0.25, -0.2) is 21.7 Å². The monoisotopic (exact) mass is 1930 g/mol. The van der Waals surface area contributed by atoms with Gasteiger partial charge in [0, 0.05) is 56.5 Å². The summed E-state index contributed by atoms with van der Waals surface area (Å²) in [6, 6.07) is 8.87. The van der Waals surface area contributed by atoms with Crippen LogP contribution in [-0.4, -0.2) is 255 Å². The molecular formula is C101H156N18O19. The lowest BCUT2D eigenvalue weighted by Gasteiger charge is -2.33. The number of phenolic OH excluding ortho intramolecular Hbond substituents is 1. The number of para-hydroxylation sites is 1. The molecule has 0 unspecified atom stereocenters. The topological polar surface area (TPSA) is 579 Å². The van der Waals surface area contributed by atoms with Gasteiger partial charge in [0.15, 0.2) is 57.8 Å². The van der Waals surface area contributed by atoms with Gasteiger partial charge in [-0.2, -0.15) is 0 Å². The van der Waals surface area contributed by atoms with Crippen LogP contribution in [0.3, 0.4) is 0 Å². The molecule has 5 rings (SSSR count). The molecule has 0 saturated heterocycles. The number of aliphatic hydroxyl groups excluding tert-OH is 1. The fourth-order valence-corrected chi connectivity index (χ4v) is 16.0. The summed E-state index contributed by atoms with van der Waals surface area (Å²) in [4.78, 5) is 243. The van der Waals surface area contributed by atoms with Crippen molar-refractivity contribution in [2.75, 3.05) is 45.9 Å². The molecule has 764 valence electrons. The number of rotatable bonds is 45. The van der Waals surface area contributed by atoms with Crippen LogP contribution < -0.4 is 91.7 Å². The first-order chi connectivity index (χ1) is 65.2. The molecule has 16 atom stereocenters. The van der Waals surface area contributed by atoms with Gasteiger partial charge in [-0.3, -0.25) is 97.5 Å². The van der Waals surface area contributed by atoms with Gasteiger partial charge in [-0.05, 0) is 186 Å². The highest BCUT2D eigenvalue weighted by atomic mass is 16.3. The lowest BCUT2D eigenvalue weighted by atomic mass is 9.84. The molecule has 2 heterocycles. The number of hydrogen-bond donors (Lipinski definition) is 20. The maximum atomic E-state index is 15.2. The SMILES string of the molecule is CCCC[C@H](NCN[C@@H](C)C(=O)CCN[C@@H](C)C(=O)CC(=O)[C@]1(C)CCC/C=C/CCCCCC[C@@](C)(NN[C@@H](Cc2ccccc2)C(=O)C(=O)[C@@H](NC(=O)[C@H](CC(C)C)NC(C)=O)[C@@H](C)O)C(=O)CN[C@@H](C)C(=O)CN[C@@H](Cc2ccc(O)cc2)C(=O)N[C@@](C)(Cc2c[nH]c3ccccc23)C(=O)CC(=O)[C@H](C)NCC(=O)[C@H](CCC(N)=O)NN[C@@H](CC(C)C)C(=O)N1)C(=O)CN[C@@H](C)C(=O)CN. The highest BCUT2D eigenvalue weighted by Gasteiger charge is 2.44. The van der Waals surface area contributed by atoms with E-state index in [0.717, 1.165) is 12.8 Å². The van der Waals surface area contributed by atoms with Crippen LogP contribution in [0.4, 0.5) is 0 Å². The standard InChI is InChI=1S/C101H156N18O19/c1-16-17-35-76(87(128)57-106-66(9)85(126)54-102)111-60-110-63(6)82(123)43-46-104-64(7)83(124)51-89(130)99(13)44-30-23-21-19-18-20-22-24-31-45-100(14,119-118-78(49-70-32-26-25-27-33-70)94(134)95(135)93(68(11)120)113-96(136)80(47-61(2)3)112-69(12)121)91(132)59-107-67(10)86(127)56-109-79(50-71-37-39-73(122)40-38-71)97(137)115-101(15,53-72-55-108-75-36-29-28-34-74(72)75)90(131)52-84(125)65(8)105-58-88(129)77(41-42-92(103)133)116-117-81(48-62(4)5)98(138)114-99/h19,21,25-29,32-34,36-40,55,61-68,76-81,93,104-111,116-120,122H,16-18,20,22-24,30-31,35,41-54,56-60,102H2,1-15H3,(H2,103,133)(H,112,121)(H,113,136)(H,114,138)(H,115,137)/b21-19+/t63-,64-,65-,66-,67-,68+,76-,77-,78-,79-,80-,81-,93-,99-,100+,101-/m0/s1. The Labute approximate surface area is 812 Å². The number of benzene rings is 3. The molecule has 0 spiro atoms. The number of allylic oxidation sites excluding steroid dienone is 2. The second-order valence-electron chi connectivity index (χ2n) is 38.3. The van der Waals surface area contributed by atoms with Crippen molar-refractivity contribution in [2.45, 2.75) is 340 Å². The van der Waals surface area contributed by atoms with Crippen LogP contribution in [0.2, 0.25) is 0 Å². The molecule has 3 aromatic carbocycles. The van der Waals surface area contributed by atoms with Crippen LogP contribution in [-0.2, 0) is 101 Å². The maximum Gasteiger partial charge on any atom is 0.243 e. The van der Waals surface area contributed by atoms with Gasteiger partial charge in [0.2, 0.25) is 41.1 Å². The fourth-order valence-electron chi connectivity index (χ4n) is 16.0. The van der Waals surface area contributed by atoms with Crippen LogP contribution in [0.15, 0.2) is 97.2 Å². The zero-order valence-electron chi connectivity index (χ0n) is 83.4. The molecule has 37 heteroatoms. The number of primary amides is 1. The van der Waals surface area contributed by atoms with E-state index in [1.165, 1.54) is 53.7 Å². The van der Waals surface area contributed by atoms with Crippen molar-refractivity contribution in [1.29, 1.82) is 0 Å². The predicted molar refractivity (Wildman–Crippen MR) is 527 cm³/mol. The van der Waals surface area contributed by atoms with E-state index in [9.17, 15) is 77.3 Å². The number of unbranched alkanes of at least 4 members (excludes halogenated alkanes) is 1. The minimum Gasteiger partial charge on any atom is -0.508 e. The normalized spacial score (nSPS) is 22.9. The van der Waals surface area contributed by atoms with E-state index >= 15 is 14.4 Å². The first-order valence-corrected chi connectivity index (χ1v) is 48.7. The van der Waals surface area contributed by atoms with Crippen LogP contribution in [0.5, 0.6) is 5.75 Å². The average Bonchev–Trinajstić information content (AvgIpc) is 1.56. The Morgan fingerprint density at radius 3 is 1.86 bits per heavy atom. The molecule has 1 aromatic heterocycles. The number of Topliss-reactive ketones (excluding diaryl/α,β-unsaturated/α-hetero) is 12. The summed E-state index contributed by atoms with van der Waals surface area (Å²) in [5.41, 5.74) is 20.5. The maximum absolute atomic E-state index is 15.2. The third-order valence-electron chi connectivity index (χ3n) is 25.3. The molecule has 37 nitrogen and oxygen atoms in total. The number of fused-ring (bicyclic) bond motifs is 1. The number of hydrazine groups is 2. The molecule has 22 N–H and O–H groups in total. The highest BCUT2D eigenvalue weighted by Crippen LogP contribution is 2.27. The Hall–Kier alpha value is -10.4. The van der Waals surface area contributed by atoms with E-state index in [1.807, 2.05) is 65.0 Å². The van der Waals surface area contributed by atoms with Crippen molar-refractivity contribution in [3.05, 3.63) is 114 Å². The summed E-state index contributed by atoms with van der Waals surface area (Å²) in [5.74, 6) is -10.9. The molecule has 0 aliphatic carbocycles. The van der Waals surface area contributed by atoms with E-state index in [1.54, 1.807) is 82.4 Å². The van der Waals surface area contributed by atoms with Gasteiger partial charge in [0.25, 0.3) is 0 Å². The predicted octanol–water partition coefficient (Wildman–Crippen LogP) is 3.43. The number of phenols is 1. The number of aliphatic hydroxyl groups is 1. The lowest BCUT2D eigenvalue weighted by Crippen LogP contribution is -2.64. The van der Waals surface area contributed by atoms with Gasteiger partial charge >= 0.3 is 0 Å². The zero-order chi connectivity index (χ0) is 103. The van der Waals surface area contributed by atoms with Gasteiger partial charge in [0.1, 0.15) is 29.4 Å². The number of amides is 5. The van der Waals surface area contributed by atoms with E-state index in [4.69, 9.17) is 11.5 Å². The Morgan fingerprint density at radius 1 is 0.587 bits per heavy atom. The average molecular weight is 1930 g/mol. The molecule has 0 saturated carbocycles. The lowest BCUT2D eigenvalue weighted by molar-refractivity contribution is -0.142. The van der Waals surface area contributed by atoms with Crippen LogP contribution in [0.25, 0.3) is 10.9 Å². The van der Waals surface area contributed by atoms with E-state index < -0.39 is 209 Å². The summed E-state index contributed by atoms with van der Waals surface area (Å²) in [5, 5.41) is 54.4. The molecule has 4 aromatic rings. The van der Waals surface area contributed by atoms with Gasteiger partial charge in [-0.15, -0.1) is 0 Å². The molecule has 0 radical (unpaired) electrons.